The molecule has 3 atom stereocenters. The molecule has 0 amide bonds. The monoisotopic (exact) mass is 543 g/mol. The molecule has 6 heteroatoms. The zero-order valence-corrected chi connectivity index (χ0v) is 21.9. The summed E-state index contributed by atoms with van der Waals surface area (Å²) in [6.07, 6.45) is 2.46. The van der Waals surface area contributed by atoms with Gasteiger partial charge in [0, 0.05) is 31.2 Å². The predicted octanol–water partition coefficient (Wildman–Crippen LogP) is 6.66. The molecule has 2 unspecified atom stereocenters. The van der Waals surface area contributed by atoms with Crippen LogP contribution in [0, 0.1) is 5.92 Å². The van der Waals surface area contributed by atoms with E-state index in [1.54, 1.807) is 6.07 Å². The van der Waals surface area contributed by atoms with Crippen LogP contribution < -0.4 is 10.2 Å². The topological polar surface area (TPSA) is 65.5 Å². The van der Waals surface area contributed by atoms with E-state index in [1.165, 1.54) is 28.1 Å². The van der Waals surface area contributed by atoms with Crippen LogP contribution in [0.4, 0.5) is 5.82 Å². The maximum atomic E-state index is 11.3. The van der Waals surface area contributed by atoms with Crippen LogP contribution in [-0.2, 0) is 0 Å². The fraction of sp³-hybridized carbons (Fsp3) is 0.267. The van der Waals surface area contributed by atoms with Gasteiger partial charge in [0.1, 0.15) is 5.82 Å². The van der Waals surface area contributed by atoms with Crippen molar-refractivity contribution in [3.8, 4) is 0 Å². The number of anilines is 1. The molecular formula is C30H30BrN3O2. The van der Waals surface area contributed by atoms with E-state index < -0.39 is 5.97 Å². The van der Waals surface area contributed by atoms with Gasteiger partial charge in [-0.2, -0.15) is 0 Å². The van der Waals surface area contributed by atoms with Crippen molar-refractivity contribution in [1.29, 1.82) is 0 Å². The molecule has 4 aromatic rings. The van der Waals surface area contributed by atoms with E-state index >= 15 is 0 Å². The second-order valence-electron chi connectivity index (χ2n) is 9.54. The summed E-state index contributed by atoms with van der Waals surface area (Å²) in [5.74, 6) is 0.636. The van der Waals surface area contributed by atoms with Gasteiger partial charge < -0.3 is 15.3 Å². The molecule has 1 aliphatic rings. The highest BCUT2D eigenvalue weighted by Gasteiger charge is 2.32. The smallest absolute Gasteiger partial charge is 0.337 e. The van der Waals surface area contributed by atoms with Gasteiger partial charge in [0.15, 0.2) is 0 Å². The van der Waals surface area contributed by atoms with E-state index in [0.717, 1.165) is 36.3 Å². The van der Waals surface area contributed by atoms with Gasteiger partial charge in [0.25, 0.3) is 0 Å². The van der Waals surface area contributed by atoms with Crippen molar-refractivity contribution in [2.75, 3.05) is 24.5 Å². The van der Waals surface area contributed by atoms with Crippen LogP contribution in [0.2, 0.25) is 0 Å². The molecule has 0 radical (unpaired) electrons. The lowest BCUT2D eigenvalue weighted by Gasteiger charge is -2.40. The Morgan fingerprint density at radius 2 is 1.86 bits per heavy atom. The number of carbonyl (C=O) groups is 1. The van der Waals surface area contributed by atoms with Gasteiger partial charge >= 0.3 is 5.97 Å². The molecule has 36 heavy (non-hydrogen) atoms. The summed E-state index contributed by atoms with van der Waals surface area (Å²) >= 11 is 3.56. The molecule has 0 saturated carbocycles. The quantitative estimate of drug-likeness (QED) is 0.273. The molecule has 0 bridgehead atoms. The Bertz CT molecular complexity index is 1360. The Kier molecular flexibility index (Phi) is 7.35. The van der Waals surface area contributed by atoms with Crippen molar-refractivity contribution in [2.45, 2.75) is 25.3 Å². The zero-order valence-electron chi connectivity index (χ0n) is 20.3. The molecule has 5 nitrogen and oxygen atoms in total. The molecule has 2 N–H and O–H groups in total. The SMILES string of the molecule is C[C@@H](NCC1CCN(c2ncc(C(=O)O)cc2Br)CC1c1ccccc1)c1cccc2ccccc12. The fourth-order valence-corrected chi connectivity index (χ4v) is 5.96. The van der Waals surface area contributed by atoms with E-state index in [0.29, 0.717) is 11.8 Å². The summed E-state index contributed by atoms with van der Waals surface area (Å²) in [4.78, 5) is 18.1. The first-order valence-electron chi connectivity index (χ1n) is 12.4. The minimum atomic E-state index is -0.970. The number of piperidine rings is 1. The first-order valence-corrected chi connectivity index (χ1v) is 13.2. The van der Waals surface area contributed by atoms with Crippen molar-refractivity contribution in [2.24, 2.45) is 5.92 Å². The second kappa shape index (κ2) is 10.8. The van der Waals surface area contributed by atoms with Crippen molar-refractivity contribution in [1.82, 2.24) is 10.3 Å². The number of rotatable bonds is 7. The average molecular weight is 544 g/mol. The summed E-state index contributed by atoms with van der Waals surface area (Å²) in [5.41, 5.74) is 2.84. The lowest BCUT2D eigenvalue weighted by molar-refractivity contribution is 0.0696. The summed E-state index contributed by atoms with van der Waals surface area (Å²) < 4.78 is 0.718. The maximum Gasteiger partial charge on any atom is 0.337 e. The lowest BCUT2D eigenvalue weighted by Crippen LogP contribution is -2.43. The van der Waals surface area contributed by atoms with E-state index in [2.05, 4.69) is 111 Å². The van der Waals surface area contributed by atoms with Crippen LogP contribution in [0.3, 0.4) is 0 Å². The summed E-state index contributed by atoms with van der Waals surface area (Å²) in [5, 5.41) is 15.7. The molecule has 5 rings (SSSR count). The molecule has 184 valence electrons. The summed E-state index contributed by atoms with van der Waals surface area (Å²) in [7, 11) is 0. The van der Waals surface area contributed by atoms with Crippen molar-refractivity contribution >= 4 is 38.5 Å². The molecule has 0 spiro atoms. The van der Waals surface area contributed by atoms with Crippen LogP contribution in [0.1, 0.15) is 46.8 Å². The molecule has 1 aliphatic heterocycles. The third-order valence-electron chi connectivity index (χ3n) is 7.33. The highest BCUT2D eigenvalue weighted by molar-refractivity contribution is 9.10. The Morgan fingerprint density at radius 1 is 1.11 bits per heavy atom. The largest absolute Gasteiger partial charge is 0.478 e. The number of aromatic carboxylic acids is 1. The van der Waals surface area contributed by atoms with Crippen LogP contribution in [0.15, 0.2) is 89.5 Å². The van der Waals surface area contributed by atoms with Gasteiger partial charge in [-0.25, -0.2) is 9.78 Å². The number of nitrogens with zero attached hydrogens (tertiary/aromatic N) is 2. The highest BCUT2D eigenvalue weighted by Crippen LogP contribution is 2.36. The number of aromatic nitrogens is 1. The van der Waals surface area contributed by atoms with Gasteiger partial charge in [-0.3, -0.25) is 0 Å². The number of carboxylic acids is 1. The molecule has 1 saturated heterocycles. The Morgan fingerprint density at radius 3 is 2.64 bits per heavy atom. The number of hydrogen-bond acceptors (Lipinski definition) is 4. The number of pyridine rings is 1. The van der Waals surface area contributed by atoms with Gasteiger partial charge in [0.05, 0.1) is 10.0 Å². The summed E-state index contributed by atoms with van der Waals surface area (Å²) in [6.45, 7) is 4.87. The van der Waals surface area contributed by atoms with E-state index in [9.17, 15) is 9.90 Å². The lowest BCUT2D eigenvalue weighted by atomic mass is 9.80. The van der Waals surface area contributed by atoms with Gasteiger partial charge in [-0.1, -0.05) is 72.8 Å². The third kappa shape index (κ3) is 5.15. The van der Waals surface area contributed by atoms with Gasteiger partial charge in [-0.15, -0.1) is 0 Å². The van der Waals surface area contributed by atoms with Crippen molar-refractivity contribution < 1.29 is 9.90 Å². The van der Waals surface area contributed by atoms with Gasteiger partial charge in [0.2, 0.25) is 0 Å². The second-order valence-corrected chi connectivity index (χ2v) is 10.4. The molecule has 3 aromatic carbocycles. The molecule has 0 aliphatic carbocycles. The standard InChI is InChI=1S/C30H30BrN3O2/c1-20(25-13-7-11-21-10-5-6-12-26(21)25)32-17-23-14-15-34(19-27(23)22-8-3-2-4-9-22)29-28(31)16-24(18-33-29)30(35)36/h2-13,16,18,20,23,27,32H,14-15,17,19H2,1H3,(H,35,36)/t20-,23?,27?/m1/s1. The Balaban J connectivity index is 1.35. The zero-order chi connectivity index (χ0) is 25.1. The maximum absolute atomic E-state index is 11.3. The first kappa shape index (κ1) is 24.5. The normalized spacial score (nSPS) is 18.8. The van der Waals surface area contributed by atoms with E-state index in [4.69, 9.17) is 0 Å². The number of carboxylic acid groups (broad SMARTS) is 1. The number of halogens is 1. The molecule has 2 heterocycles. The van der Waals surface area contributed by atoms with Crippen molar-refractivity contribution in [3.05, 3.63) is 106 Å². The van der Waals surface area contributed by atoms with Crippen LogP contribution in [-0.4, -0.2) is 35.7 Å². The molecule has 1 aromatic heterocycles. The Hall–Kier alpha value is -3.22. The van der Waals surface area contributed by atoms with Crippen LogP contribution in [0.5, 0.6) is 0 Å². The number of benzene rings is 3. The minimum absolute atomic E-state index is 0.187. The first-order chi connectivity index (χ1) is 17.5. The van der Waals surface area contributed by atoms with Crippen LogP contribution in [0.25, 0.3) is 10.8 Å². The Labute approximate surface area is 220 Å². The average Bonchev–Trinajstić information content (AvgIpc) is 2.91. The van der Waals surface area contributed by atoms with Gasteiger partial charge in [-0.05, 0) is 69.7 Å². The number of nitrogens with one attached hydrogen (secondary N) is 1. The number of fused-ring (bicyclic) bond motifs is 1. The van der Waals surface area contributed by atoms with E-state index in [-0.39, 0.29) is 11.6 Å². The molecule has 1 fully saturated rings. The number of hydrogen-bond donors (Lipinski definition) is 2. The predicted molar refractivity (Wildman–Crippen MR) is 149 cm³/mol. The fourth-order valence-electron chi connectivity index (χ4n) is 5.36. The minimum Gasteiger partial charge on any atom is -0.478 e. The highest BCUT2D eigenvalue weighted by atomic mass is 79.9. The third-order valence-corrected chi connectivity index (χ3v) is 7.91. The molecular weight excluding hydrogens is 514 g/mol. The van der Waals surface area contributed by atoms with E-state index in [1.807, 2.05) is 0 Å². The van der Waals surface area contributed by atoms with Crippen LogP contribution >= 0.6 is 15.9 Å². The van der Waals surface area contributed by atoms with Crippen molar-refractivity contribution in [3.63, 3.8) is 0 Å². The summed E-state index contributed by atoms with van der Waals surface area (Å²) in [6, 6.07) is 27.7.